The maximum atomic E-state index is 5.66. The summed E-state index contributed by atoms with van der Waals surface area (Å²) in [6.45, 7) is 0.844. The third-order valence-corrected chi connectivity index (χ3v) is 2.55. The van der Waals surface area contributed by atoms with Gasteiger partial charge in [0.2, 0.25) is 0 Å². The zero-order chi connectivity index (χ0) is 8.69. The topological polar surface area (TPSA) is 9.23 Å². The van der Waals surface area contributed by atoms with E-state index >= 15 is 0 Å². The first-order chi connectivity index (χ1) is 5.20. The highest BCUT2D eigenvalue weighted by Gasteiger charge is 2.05. The number of rotatable bonds is 6. The van der Waals surface area contributed by atoms with Crippen molar-refractivity contribution in [2.75, 3.05) is 25.0 Å². The molecular formula is C6H10Cl4O. The van der Waals surface area contributed by atoms with Crippen molar-refractivity contribution in [1.82, 2.24) is 0 Å². The molecule has 0 saturated carbocycles. The number of halogens is 4. The van der Waals surface area contributed by atoms with Crippen LogP contribution in [0, 0.1) is 0 Å². The van der Waals surface area contributed by atoms with Crippen LogP contribution in [0.2, 0.25) is 0 Å². The van der Waals surface area contributed by atoms with E-state index in [1.165, 1.54) is 0 Å². The maximum Gasteiger partial charge on any atom is 0.0704 e. The van der Waals surface area contributed by atoms with Crippen molar-refractivity contribution >= 4 is 46.4 Å². The van der Waals surface area contributed by atoms with E-state index in [0.29, 0.717) is 25.0 Å². The molecule has 11 heavy (non-hydrogen) atoms. The lowest BCUT2D eigenvalue weighted by Crippen LogP contribution is -2.17. The second-order valence-corrected chi connectivity index (χ2v) is 3.89. The number of hydrogen-bond acceptors (Lipinski definition) is 1. The second kappa shape index (κ2) is 7.75. The lowest BCUT2D eigenvalue weighted by atomic mass is 10.5. The van der Waals surface area contributed by atoms with Crippen LogP contribution in [0.5, 0.6) is 0 Å². The first kappa shape index (κ1) is 12.1. The normalized spacial score (nSPS) is 16.4. The predicted molar refractivity (Wildman–Crippen MR) is 51.5 cm³/mol. The van der Waals surface area contributed by atoms with Gasteiger partial charge in [0, 0.05) is 11.8 Å². The van der Waals surface area contributed by atoms with Gasteiger partial charge >= 0.3 is 0 Å². The van der Waals surface area contributed by atoms with Gasteiger partial charge in [-0.25, -0.2) is 0 Å². The molecule has 0 N–H and O–H groups in total. The van der Waals surface area contributed by atoms with Crippen molar-refractivity contribution in [3.63, 3.8) is 0 Å². The van der Waals surface area contributed by atoms with Crippen molar-refractivity contribution in [3.05, 3.63) is 0 Å². The van der Waals surface area contributed by atoms with Crippen LogP contribution in [0.15, 0.2) is 0 Å². The fourth-order valence-electron chi connectivity index (χ4n) is 0.413. The summed E-state index contributed by atoms with van der Waals surface area (Å²) < 4.78 is 5.11. The van der Waals surface area contributed by atoms with E-state index in [4.69, 9.17) is 51.1 Å². The third kappa shape index (κ3) is 7.48. The molecule has 0 aromatic rings. The summed E-state index contributed by atoms with van der Waals surface area (Å²) in [6, 6.07) is 0. The largest absolute Gasteiger partial charge is 0.378 e. The molecule has 0 heterocycles. The highest BCUT2D eigenvalue weighted by atomic mass is 35.5. The molecule has 2 unspecified atom stereocenters. The monoisotopic (exact) mass is 238 g/mol. The minimum absolute atomic E-state index is 0.143. The molecule has 0 aliphatic rings. The number of alkyl halides is 4. The summed E-state index contributed by atoms with van der Waals surface area (Å²) >= 11 is 22.2. The molecule has 0 aliphatic heterocycles. The molecule has 0 saturated heterocycles. The van der Waals surface area contributed by atoms with E-state index in [9.17, 15) is 0 Å². The molecule has 0 fully saturated rings. The van der Waals surface area contributed by atoms with E-state index < -0.39 is 0 Å². The Kier molecular flexibility index (Phi) is 8.54. The minimum atomic E-state index is -0.143. The fraction of sp³-hybridized carbons (Fsp3) is 1.00. The average Bonchev–Trinajstić information content (AvgIpc) is 2.04. The summed E-state index contributed by atoms with van der Waals surface area (Å²) in [4.78, 5) is 0. The molecule has 2 atom stereocenters. The zero-order valence-electron chi connectivity index (χ0n) is 5.90. The van der Waals surface area contributed by atoms with Crippen LogP contribution in [0.4, 0.5) is 0 Å². The van der Waals surface area contributed by atoms with Gasteiger partial charge in [0.25, 0.3) is 0 Å². The molecule has 5 heteroatoms. The molecule has 0 amide bonds. The first-order valence-electron chi connectivity index (χ1n) is 3.18. The molecule has 0 bridgehead atoms. The smallest absolute Gasteiger partial charge is 0.0704 e. The van der Waals surface area contributed by atoms with Crippen LogP contribution in [-0.2, 0) is 4.74 Å². The quantitative estimate of drug-likeness (QED) is 0.648. The van der Waals surface area contributed by atoms with E-state index in [1.807, 2.05) is 0 Å². The molecule has 68 valence electrons. The van der Waals surface area contributed by atoms with Gasteiger partial charge in [-0.3, -0.25) is 0 Å². The van der Waals surface area contributed by atoms with Crippen molar-refractivity contribution in [1.29, 1.82) is 0 Å². The second-order valence-electron chi connectivity index (χ2n) is 2.04. The zero-order valence-corrected chi connectivity index (χ0v) is 8.93. The molecule has 0 aromatic carbocycles. The summed E-state index contributed by atoms with van der Waals surface area (Å²) in [5.41, 5.74) is 0. The summed E-state index contributed by atoms with van der Waals surface area (Å²) in [5.74, 6) is 0.769. The minimum Gasteiger partial charge on any atom is -0.378 e. The van der Waals surface area contributed by atoms with Gasteiger partial charge in [-0.2, -0.15) is 0 Å². The Bertz CT molecular complexity index is 80.7. The van der Waals surface area contributed by atoms with E-state index in [2.05, 4.69) is 0 Å². The van der Waals surface area contributed by atoms with Crippen LogP contribution >= 0.6 is 46.4 Å². The molecule has 0 rings (SSSR count). The van der Waals surface area contributed by atoms with Gasteiger partial charge in [0.05, 0.1) is 24.0 Å². The Morgan fingerprint density at radius 1 is 0.909 bits per heavy atom. The Labute approximate surface area is 86.9 Å². The van der Waals surface area contributed by atoms with Gasteiger partial charge in [-0.05, 0) is 0 Å². The Morgan fingerprint density at radius 3 is 1.55 bits per heavy atom. The van der Waals surface area contributed by atoms with Gasteiger partial charge in [-0.15, -0.1) is 46.4 Å². The SMILES string of the molecule is ClCC(Cl)COCC(Cl)CCl. The average molecular weight is 240 g/mol. The van der Waals surface area contributed by atoms with E-state index in [0.717, 1.165) is 0 Å². The predicted octanol–water partition coefficient (Wildman–Crippen LogP) is 2.70. The first-order valence-corrected chi connectivity index (χ1v) is 5.12. The Morgan fingerprint density at radius 2 is 1.27 bits per heavy atom. The highest BCUT2D eigenvalue weighted by molar-refractivity contribution is 6.28. The van der Waals surface area contributed by atoms with Gasteiger partial charge in [-0.1, -0.05) is 0 Å². The van der Waals surface area contributed by atoms with Crippen molar-refractivity contribution in [2.45, 2.75) is 10.8 Å². The van der Waals surface area contributed by atoms with Crippen LogP contribution in [-0.4, -0.2) is 35.7 Å². The van der Waals surface area contributed by atoms with Crippen molar-refractivity contribution in [2.24, 2.45) is 0 Å². The molecule has 0 aromatic heterocycles. The molecule has 0 radical (unpaired) electrons. The van der Waals surface area contributed by atoms with Crippen LogP contribution < -0.4 is 0 Å². The lowest BCUT2D eigenvalue weighted by Gasteiger charge is -2.08. The van der Waals surface area contributed by atoms with Crippen molar-refractivity contribution < 1.29 is 4.74 Å². The Balaban J connectivity index is 3.13. The lowest BCUT2D eigenvalue weighted by molar-refractivity contribution is 0.140. The summed E-state index contributed by atoms with van der Waals surface area (Å²) in [5, 5.41) is -0.285. The van der Waals surface area contributed by atoms with Crippen LogP contribution in [0.3, 0.4) is 0 Å². The molecular weight excluding hydrogens is 230 g/mol. The number of ether oxygens (including phenoxy) is 1. The van der Waals surface area contributed by atoms with E-state index in [-0.39, 0.29) is 10.8 Å². The molecule has 1 nitrogen and oxygen atoms in total. The van der Waals surface area contributed by atoms with Gasteiger partial charge in [0.15, 0.2) is 0 Å². The molecule has 0 spiro atoms. The van der Waals surface area contributed by atoms with Crippen LogP contribution in [0.25, 0.3) is 0 Å². The van der Waals surface area contributed by atoms with E-state index in [1.54, 1.807) is 0 Å². The number of hydrogen-bond donors (Lipinski definition) is 0. The molecule has 0 aliphatic carbocycles. The fourth-order valence-corrected chi connectivity index (χ4v) is 0.769. The highest BCUT2D eigenvalue weighted by Crippen LogP contribution is 2.03. The van der Waals surface area contributed by atoms with Crippen molar-refractivity contribution in [3.8, 4) is 0 Å². The third-order valence-electron chi connectivity index (χ3n) is 0.932. The van der Waals surface area contributed by atoms with Gasteiger partial charge < -0.3 is 4.74 Å². The Hall–Kier alpha value is 1.12. The maximum absolute atomic E-state index is 5.66. The standard InChI is InChI=1S/C6H10Cl4O/c7-1-5(9)3-11-4-6(10)2-8/h5-6H,1-4H2. The van der Waals surface area contributed by atoms with Crippen LogP contribution in [0.1, 0.15) is 0 Å². The summed E-state index contributed by atoms with van der Waals surface area (Å²) in [7, 11) is 0. The van der Waals surface area contributed by atoms with Gasteiger partial charge in [0.1, 0.15) is 0 Å². The summed E-state index contributed by atoms with van der Waals surface area (Å²) in [6.07, 6.45) is 0.